The predicted octanol–water partition coefficient (Wildman–Crippen LogP) is 5.05. The number of likely N-dealkylation sites (N-methyl/N-ethyl adjacent to an activating group) is 1. The van der Waals surface area contributed by atoms with E-state index in [0.29, 0.717) is 40.1 Å². The lowest BCUT2D eigenvalue weighted by molar-refractivity contribution is -0.119. The molecule has 1 amide bonds. The van der Waals surface area contributed by atoms with Gasteiger partial charge in [0.2, 0.25) is 11.8 Å². The van der Waals surface area contributed by atoms with Gasteiger partial charge in [0.1, 0.15) is 11.2 Å². The third-order valence-corrected chi connectivity index (χ3v) is 9.72. The average molecular weight is 682 g/mol. The number of methoxy groups -OCH3 is 1. The smallest absolute Gasteiger partial charge is 0.330 e. The molecule has 12 heteroatoms. The highest BCUT2D eigenvalue weighted by molar-refractivity contribution is 6.36. The minimum atomic E-state index is -0.407. The molecule has 11 nitrogen and oxygen atoms in total. The molecule has 1 unspecified atom stereocenters. The molecule has 1 saturated heterocycles. The average Bonchev–Trinajstić information content (AvgIpc) is 3.76. The molecule has 4 heterocycles. The SMILES string of the molecule is CNCC1CCC(=O)N1.COc1nc(-c2cccc(-c3cccc(Nc4nccc5c4c(=O)n(C)c(=O)n5C)c3C)c2Cl)cc2c1CCC2. The molecule has 1 atom stereocenters. The molecule has 1 aliphatic heterocycles. The Kier molecular flexibility index (Phi) is 9.84. The van der Waals surface area contributed by atoms with E-state index in [-0.39, 0.29) is 5.91 Å². The number of hydrogen-bond donors (Lipinski definition) is 3. The molecule has 1 fully saturated rings. The van der Waals surface area contributed by atoms with Gasteiger partial charge in [-0.05, 0) is 74.5 Å². The molecular weight excluding hydrogens is 642 g/mol. The summed E-state index contributed by atoms with van der Waals surface area (Å²) in [5, 5.41) is 10.1. The highest BCUT2D eigenvalue weighted by atomic mass is 35.5. The van der Waals surface area contributed by atoms with Crippen LogP contribution in [0.5, 0.6) is 5.88 Å². The maximum Gasteiger partial charge on any atom is 0.330 e. The van der Waals surface area contributed by atoms with Crippen LogP contribution in [0.4, 0.5) is 11.5 Å². The van der Waals surface area contributed by atoms with Gasteiger partial charge in [-0.25, -0.2) is 14.8 Å². The Morgan fingerprint density at radius 1 is 1.00 bits per heavy atom. The topological polar surface area (TPSA) is 132 Å². The lowest BCUT2D eigenvalue weighted by Gasteiger charge is -2.17. The van der Waals surface area contributed by atoms with E-state index in [1.165, 1.54) is 22.7 Å². The van der Waals surface area contributed by atoms with E-state index in [4.69, 9.17) is 21.3 Å². The number of aryl methyl sites for hydroxylation is 2. The van der Waals surface area contributed by atoms with Crippen LogP contribution in [0.2, 0.25) is 5.02 Å². The molecular formula is C37H40ClN7O4. The summed E-state index contributed by atoms with van der Waals surface area (Å²) in [5.74, 6) is 1.23. The van der Waals surface area contributed by atoms with Gasteiger partial charge in [-0.1, -0.05) is 41.9 Å². The maximum atomic E-state index is 13.1. The Hall–Kier alpha value is -5.00. The third kappa shape index (κ3) is 6.56. The quantitative estimate of drug-likeness (QED) is 0.218. The summed E-state index contributed by atoms with van der Waals surface area (Å²) in [7, 11) is 6.66. The van der Waals surface area contributed by atoms with Crippen molar-refractivity contribution in [1.29, 1.82) is 0 Å². The number of nitrogens with one attached hydrogen (secondary N) is 3. The molecule has 0 saturated carbocycles. The molecule has 3 N–H and O–H groups in total. The second kappa shape index (κ2) is 14.2. The van der Waals surface area contributed by atoms with Gasteiger partial charge in [0, 0.05) is 61.7 Å². The Bertz CT molecular complexity index is 2190. The number of pyridine rings is 2. The fraction of sp³-hybridized carbons (Fsp3) is 0.324. The van der Waals surface area contributed by atoms with Crippen molar-refractivity contribution in [2.45, 2.75) is 45.1 Å². The summed E-state index contributed by atoms with van der Waals surface area (Å²) in [6, 6.07) is 16.0. The summed E-state index contributed by atoms with van der Waals surface area (Å²) in [4.78, 5) is 45.3. The van der Waals surface area contributed by atoms with Gasteiger partial charge in [-0.15, -0.1) is 0 Å². The van der Waals surface area contributed by atoms with Gasteiger partial charge < -0.3 is 20.7 Å². The van der Waals surface area contributed by atoms with Crippen LogP contribution in [0.15, 0.2) is 64.3 Å². The van der Waals surface area contributed by atoms with Crippen LogP contribution < -0.4 is 31.9 Å². The number of fused-ring (bicyclic) bond motifs is 2. The lowest BCUT2D eigenvalue weighted by Crippen LogP contribution is -2.37. The number of amides is 1. The first-order valence-corrected chi connectivity index (χ1v) is 16.7. The summed E-state index contributed by atoms with van der Waals surface area (Å²) in [6.45, 7) is 2.89. The highest BCUT2D eigenvalue weighted by Crippen LogP contribution is 2.41. The second-order valence-electron chi connectivity index (χ2n) is 12.4. The number of benzene rings is 2. The van der Waals surface area contributed by atoms with Crippen LogP contribution in [-0.4, -0.2) is 51.8 Å². The van der Waals surface area contributed by atoms with E-state index >= 15 is 0 Å². The van der Waals surface area contributed by atoms with Gasteiger partial charge in [-0.2, -0.15) is 0 Å². The number of rotatable bonds is 7. The van der Waals surface area contributed by atoms with Gasteiger partial charge in [0.05, 0.1) is 23.3 Å². The van der Waals surface area contributed by atoms with Crippen molar-refractivity contribution in [2.24, 2.45) is 14.1 Å². The molecule has 254 valence electrons. The van der Waals surface area contributed by atoms with Crippen LogP contribution in [-0.2, 0) is 31.7 Å². The number of aromatic nitrogens is 4. The van der Waals surface area contributed by atoms with Crippen molar-refractivity contribution in [3.05, 3.63) is 97.3 Å². The Morgan fingerprint density at radius 3 is 2.49 bits per heavy atom. The zero-order chi connectivity index (χ0) is 34.8. The van der Waals surface area contributed by atoms with Crippen LogP contribution in [0.3, 0.4) is 0 Å². The van der Waals surface area contributed by atoms with Gasteiger partial charge in [0.25, 0.3) is 5.56 Å². The monoisotopic (exact) mass is 681 g/mol. The van der Waals surface area contributed by atoms with E-state index in [0.717, 1.165) is 70.4 Å². The summed E-state index contributed by atoms with van der Waals surface area (Å²) >= 11 is 7.07. The number of carbonyl (C=O) groups is 1. The summed E-state index contributed by atoms with van der Waals surface area (Å²) in [5.41, 5.74) is 7.29. The molecule has 0 spiro atoms. The Balaban J connectivity index is 0.000000403. The highest BCUT2D eigenvalue weighted by Gasteiger charge is 2.22. The standard InChI is InChI=1S/C31H28ClN5O3.C6H12N2O/c1-17-19(21-11-6-12-22(27(21)32)24-16-18-8-5-10-20(18)29(35-24)40-4)9-7-13-23(17)34-28-26-25(14-15-33-28)36(2)31(39)37(3)30(26)38;1-7-4-5-2-3-6(9)8-5/h6-7,9,11-16H,5,8,10H2,1-4H3,(H,33,34);5,7H,2-4H2,1H3,(H,8,9). The Labute approximate surface area is 289 Å². The number of ether oxygens (including phenoxy) is 1. The summed E-state index contributed by atoms with van der Waals surface area (Å²) in [6.07, 6.45) is 6.35. The maximum absolute atomic E-state index is 13.1. The van der Waals surface area contributed by atoms with E-state index in [2.05, 4.69) is 27.0 Å². The van der Waals surface area contributed by atoms with Crippen molar-refractivity contribution in [3.8, 4) is 28.3 Å². The van der Waals surface area contributed by atoms with Crippen molar-refractivity contribution >= 4 is 39.9 Å². The molecule has 7 rings (SSSR count). The molecule has 1 aliphatic carbocycles. The van der Waals surface area contributed by atoms with Crippen LogP contribution in [0.1, 0.15) is 36.0 Å². The minimum Gasteiger partial charge on any atom is -0.481 e. The zero-order valence-electron chi connectivity index (χ0n) is 28.3. The zero-order valence-corrected chi connectivity index (χ0v) is 29.1. The largest absolute Gasteiger partial charge is 0.481 e. The number of hydrogen-bond acceptors (Lipinski definition) is 8. The fourth-order valence-electron chi connectivity index (χ4n) is 6.68. The van der Waals surface area contributed by atoms with Gasteiger partial charge >= 0.3 is 5.69 Å². The number of carbonyl (C=O) groups excluding carboxylic acids is 1. The lowest BCUT2D eigenvalue weighted by atomic mass is 9.96. The predicted molar refractivity (Wildman–Crippen MR) is 194 cm³/mol. The van der Waals surface area contributed by atoms with E-state index in [1.54, 1.807) is 26.4 Å². The molecule has 2 aromatic carbocycles. The van der Waals surface area contributed by atoms with E-state index < -0.39 is 11.2 Å². The Morgan fingerprint density at radius 2 is 1.76 bits per heavy atom. The van der Waals surface area contributed by atoms with Crippen LogP contribution >= 0.6 is 11.6 Å². The van der Waals surface area contributed by atoms with Crippen molar-refractivity contribution in [3.63, 3.8) is 0 Å². The molecule has 3 aromatic heterocycles. The molecule has 2 aliphatic rings. The van der Waals surface area contributed by atoms with Crippen LogP contribution in [0, 0.1) is 6.92 Å². The number of anilines is 2. The number of nitrogens with zero attached hydrogens (tertiary/aromatic N) is 4. The normalized spacial score (nSPS) is 15.1. The van der Waals surface area contributed by atoms with Crippen molar-refractivity contribution in [2.75, 3.05) is 26.0 Å². The summed E-state index contributed by atoms with van der Waals surface area (Å²) < 4.78 is 8.15. The molecule has 0 bridgehead atoms. The third-order valence-electron chi connectivity index (χ3n) is 9.31. The van der Waals surface area contributed by atoms with Crippen LogP contribution in [0.25, 0.3) is 33.3 Å². The van der Waals surface area contributed by atoms with E-state index in [1.807, 2.05) is 50.4 Å². The minimum absolute atomic E-state index is 0.190. The fourth-order valence-corrected chi connectivity index (χ4v) is 7.00. The van der Waals surface area contributed by atoms with Gasteiger partial charge in [-0.3, -0.25) is 18.7 Å². The second-order valence-corrected chi connectivity index (χ2v) is 12.8. The first kappa shape index (κ1) is 33.9. The first-order valence-electron chi connectivity index (χ1n) is 16.3. The first-order chi connectivity index (χ1) is 23.6. The number of halogens is 1. The molecule has 5 aromatic rings. The molecule has 49 heavy (non-hydrogen) atoms. The van der Waals surface area contributed by atoms with E-state index in [9.17, 15) is 14.4 Å². The molecule has 0 radical (unpaired) electrons. The van der Waals surface area contributed by atoms with Crippen molar-refractivity contribution in [1.82, 2.24) is 29.7 Å². The van der Waals surface area contributed by atoms with Crippen molar-refractivity contribution < 1.29 is 9.53 Å². The van der Waals surface area contributed by atoms with Gasteiger partial charge in [0.15, 0.2) is 0 Å².